The zero-order chi connectivity index (χ0) is 26.7. The summed E-state index contributed by atoms with van der Waals surface area (Å²) >= 11 is 0. The molecule has 3 N–H and O–H groups in total. The molecule has 0 bridgehead atoms. The van der Waals surface area contributed by atoms with Gasteiger partial charge in [-0.2, -0.15) is 0 Å². The minimum atomic E-state index is -1.08. The van der Waals surface area contributed by atoms with E-state index in [1.165, 1.54) is 0 Å². The average molecular weight is 501 g/mol. The number of nitrogens with one attached hydrogen (secondary N) is 1. The van der Waals surface area contributed by atoms with Crippen molar-refractivity contribution in [3.63, 3.8) is 0 Å². The van der Waals surface area contributed by atoms with Gasteiger partial charge < -0.3 is 34.7 Å². The van der Waals surface area contributed by atoms with Gasteiger partial charge in [-0.15, -0.1) is 0 Å². The molecule has 10 nitrogen and oxygen atoms in total. The summed E-state index contributed by atoms with van der Waals surface area (Å²) in [7, 11) is 3.18. The van der Waals surface area contributed by atoms with Crippen LogP contribution in [0, 0.1) is 5.41 Å². The SMILES string of the molecule is COc1cc(C=Cc2ccc(OC(=O)OCCNC(=O)C(OC(N)=O)C(C)(C)C)cc2)cc(OC)c1. The van der Waals surface area contributed by atoms with E-state index in [-0.39, 0.29) is 13.2 Å². The quantitative estimate of drug-likeness (QED) is 0.216. The van der Waals surface area contributed by atoms with Gasteiger partial charge in [0.15, 0.2) is 6.10 Å². The number of carbonyl (C=O) groups excluding carboxylic acids is 3. The van der Waals surface area contributed by atoms with E-state index in [1.54, 1.807) is 65.3 Å². The van der Waals surface area contributed by atoms with Gasteiger partial charge in [-0.25, -0.2) is 9.59 Å². The highest BCUT2D eigenvalue weighted by Gasteiger charge is 2.34. The first kappa shape index (κ1) is 28.0. The van der Waals surface area contributed by atoms with Crippen LogP contribution in [0.5, 0.6) is 17.2 Å². The van der Waals surface area contributed by atoms with Crippen molar-refractivity contribution in [1.29, 1.82) is 0 Å². The van der Waals surface area contributed by atoms with Crippen molar-refractivity contribution in [3.05, 3.63) is 53.6 Å². The lowest BCUT2D eigenvalue weighted by Gasteiger charge is -2.28. The number of benzene rings is 2. The first-order valence-corrected chi connectivity index (χ1v) is 11.1. The van der Waals surface area contributed by atoms with E-state index in [4.69, 9.17) is 29.4 Å². The van der Waals surface area contributed by atoms with Gasteiger partial charge in [0.2, 0.25) is 0 Å². The highest BCUT2D eigenvalue weighted by molar-refractivity contribution is 5.84. The second-order valence-electron chi connectivity index (χ2n) is 8.72. The van der Waals surface area contributed by atoms with Crippen LogP contribution in [-0.4, -0.2) is 51.6 Å². The number of ether oxygens (including phenoxy) is 5. The van der Waals surface area contributed by atoms with Crippen LogP contribution in [0.2, 0.25) is 0 Å². The fourth-order valence-corrected chi connectivity index (χ4v) is 3.03. The van der Waals surface area contributed by atoms with Crippen LogP contribution in [0.3, 0.4) is 0 Å². The van der Waals surface area contributed by atoms with Gasteiger partial charge in [-0.1, -0.05) is 45.1 Å². The Hall–Kier alpha value is -4.21. The van der Waals surface area contributed by atoms with E-state index in [9.17, 15) is 14.4 Å². The number of carbonyl (C=O) groups is 3. The Labute approximate surface area is 210 Å². The van der Waals surface area contributed by atoms with Gasteiger partial charge in [-0.3, -0.25) is 4.79 Å². The molecule has 0 fully saturated rings. The van der Waals surface area contributed by atoms with Gasteiger partial charge in [0.25, 0.3) is 5.91 Å². The first-order chi connectivity index (χ1) is 17.0. The molecule has 0 aliphatic heterocycles. The molecular weight excluding hydrogens is 468 g/mol. The lowest BCUT2D eigenvalue weighted by atomic mass is 9.88. The number of rotatable bonds is 10. The van der Waals surface area contributed by atoms with Crippen LogP contribution in [0.1, 0.15) is 31.9 Å². The summed E-state index contributed by atoms with van der Waals surface area (Å²) in [6.07, 6.45) is 0.748. The third-order valence-electron chi connectivity index (χ3n) is 4.80. The maximum Gasteiger partial charge on any atom is 0.513 e. The predicted octanol–water partition coefficient (Wildman–Crippen LogP) is 4.02. The molecule has 1 atom stereocenters. The maximum atomic E-state index is 12.3. The molecule has 2 rings (SSSR count). The monoisotopic (exact) mass is 500 g/mol. The lowest BCUT2D eigenvalue weighted by Crippen LogP contribution is -2.47. The van der Waals surface area contributed by atoms with Crippen molar-refractivity contribution in [2.75, 3.05) is 27.4 Å². The van der Waals surface area contributed by atoms with E-state index >= 15 is 0 Å². The number of nitrogens with two attached hydrogens (primary N) is 1. The van der Waals surface area contributed by atoms with Crippen LogP contribution < -0.4 is 25.3 Å². The van der Waals surface area contributed by atoms with Crippen LogP contribution >= 0.6 is 0 Å². The third kappa shape index (κ3) is 9.21. The molecule has 0 aromatic heterocycles. The Kier molecular flexibility index (Phi) is 10.1. The molecule has 194 valence electrons. The highest BCUT2D eigenvalue weighted by Crippen LogP contribution is 2.24. The van der Waals surface area contributed by atoms with Gasteiger partial charge >= 0.3 is 12.2 Å². The Bertz CT molecular complexity index is 1050. The summed E-state index contributed by atoms with van der Waals surface area (Å²) in [5, 5.41) is 2.54. The number of hydrogen-bond donors (Lipinski definition) is 2. The summed E-state index contributed by atoms with van der Waals surface area (Å²) in [6.45, 7) is 5.05. The van der Waals surface area contributed by atoms with Crippen molar-refractivity contribution in [1.82, 2.24) is 5.32 Å². The third-order valence-corrected chi connectivity index (χ3v) is 4.80. The van der Waals surface area contributed by atoms with E-state index in [0.717, 1.165) is 11.1 Å². The molecule has 0 spiro atoms. The smallest absolute Gasteiger partial charge is 0.497 e. The number of hydrogen-bond acceptors (Lipinski definition) is 8. The molecule has 36 heavy (non-hydrogen) atoms. The van der Waals surface area contributed by atoms with E-state index < -0.39 is 29.7 Å². The number of methoxy groups -OCH3 is 2. The fraction of sp³-hybridized carbons (Fsp3) is 0.346. The largest absolute Gasteiger partial charge is 0.513 e. The summed E-state index contributed by atoms with van der Waals surface area (Å²) in [6, 6.07) is 12.4. The molecule has 10 heteroatoms. The molecule has 0 radical (unpaired) electrons. The van der Waals surface area contributed by atoms with Crippen molar-refractivity contribution in [2.24, 2.45) is 11.1 Å². The van der Waals surface area contributed by atoms with E-state index in [0.29, 0.717) is 17.2 Å². The molecule has 2 aromatic rings. The summed E-state index contributed by atoms with van der Waals surface area (Å²) in [5.74, 6) is 1.12. The van der Waals surface area contributed by atoms with Crippen molar-refractivity contribution in [3.8, 4) is 17.2 Å². The van der Waals surface area contributed by atoms with E-state index in [1.807, 2.05) is 24.3 Å². The zero-order valence-corrected chi connectivity index (χ0v) is 21.0. The normalized spacial score (nSPS) is 11.9. The maximum absolute atomic E-state index is 12.3. The molecule has 2 aromatic carbocycles. The zero-order valence-electron chi connectivity index (χ0n) is 21.0. The lowest BCUT2D eigenvalue weighted by molar-refractivity contribution is -0.134. The Morgan fingerprint density at radius 3 is 2.03 bits per heavy atom. The second-order valence-corrected chi connectivity index (χ2v) is 8.72. The van der Waals surface area contributed by atoms with Gasteiger partial charge in [0, 0.05) is 11.5 Å². The summed E-state index contributed by atoms with van der Waals surface area (Å²) < 4.78 is 25.5. The van der Waals surface area contributed by atoms with Crippen LogP contribution in [-0.2, 0) is 14.3 Å². The molecule has 0 aliphatic rings. The fourth-order valence-electron chi connectivity index (χ4n) is 3.03. The average Bonchev–Trinajstić information content (AvgIpc) is 2.83. The Balaban J connectivity index is 1.82. The van der Waals surface area contributed by atoms with Gasteiger partial charge in [-0.05, 0) is 35.4 Å². The number of amides is 2. The van der Waals surface area contributed by atoms with E-state index in [2.05, 4.69) is 5.32 Å². The highest BCUT2D eigenvalue weighted by atomic mass is 16.7. The predicted molar refractivity (Wildman–Crippen MR) is 134 cm³/mol. The molecule has 0 aliphatic carbocycles. The van der Waals surface area contributed by atoms with Crippen molar-refractivity contribution >= 4 is 30.3 Å². The molecular formula is C26H32N2O8. The van der Waals surface area contributed by atoms with Gasteiger partial charge in [0.1, 0.15) is 23.9 Å². The van der Waals surface area contributed by atoms with Crippen molar-refractivity contribution < 1.29 is 38.1 Å². The minimum Gasteiger partial charge on any atom is -0.497 e. The molecule has 0 heterocycles. The Morgan fingerprint density at radius 1 is 0.917 bits per heavy atom. The second kappa shape index (κ2) is 13.0. The van der Waals surface area contributed by atoms with Crippen LogP contribution in [0.4, 0.5) is 9.59 Å². The molecule has 0 saturated carbocycles. The topological polar surface area (TPSA) is 135 Å². The van der Waals surface area contributed by atoms with Crippen LogP contribution in [0.15, 0.2) is 42.5 Å². The van der Waals surface area contributed by atoms with Crippen molar-refractivity contribution in [2.45, 2.75) is 26.9 Å². The van der Waals surface area contributed by atoms with Gasteiger partial charge in [0.05, 0.1) is 20.8 Å². The summed E-state index contributed by atoms with van der Waals surface area (Å²) in [5.41, 5.74) is 6.15. The van der Waals surface area contributed by atoms with Crippen LogP contribution in [0.25, 0.3) is 12.2 Å². The minimum absolute atomic E-state index is 0.00141. The molecule has 1 unspecified atom stereocenters. The summed E-state index contributed by atoms with van der Waals surface area (Å²) in [4.78, 5) is 35.2. The first-order valence-electron chi connectivity index (χ1n) is 11.1. The molecule has 2 amide bonds. The standard InChI is InChI=1S/C26H32N2O8/c1-26(2,3)22(36-24(27)30)23(29)28-12-13-34-25(31)35-19-10-8-17(9-11-19)6-7-18-14-20(32-4)16-21(15-18)33-5/h6-11,14-16,22H,12-13H2,1-5H3,(H2,27,30)(H,28,29). The Morgan fingerprint density at radius 2 is 1.50 bits per heavy atom. The number of primary amides is 1. The molecule has 0 saturated heterocycles.